The largest absolute Gasteiger partial charge is 0.492 e. The predicted octanol–water partition coefficient (Wildman–Crippen LogP) is 4.46. The first-order chi connectivity index (χ1) is 13.9. The minimum Gasteiger partial charge on any atom is -0.492 e. The second-order valence-corrected chi connectivity index (χ2v) is 7.00. The standard InChI is InChI=1S/C22H26N2O5/c1-5-22(3,29-28-16(2)25)17-10-12-18(13-11-17)26-15-14-24(4)21-23-19-8-6-7-9-20(19)27-21/h6-13H,5,14-15H2,1-4H3. The summed E-state index contributed by atoms with van der Waals surface area (Å²) in [6.07, 6.45) is 0.649. The molecule has 1 unspecified atom stereocenters. The van der Waals surface area contributed by atoms with Gasteiger partial charge in [-0.15, -0.1) is 0 Å². The Morgan fingerprint density at radius 3 is 2.55 bits per heavy atom. The molecule has 1 atom stereocenters. The van der Waals surface area contributed by atoms with Gasteiger partial charge in [0.15, 0.2) is 5.58 Å². The normalized spacial score (nSPS) is 13.1. The van der Waals surface area contributed by atoms with E-state index in [2.05, 4.69) is 4.98 Å². The molecule has 1 aromatic heterocycles. The number of aromatic nitrogens is 1. The van der Waals surface area contributed by atoms with Crippen molar-refractivity contribution in [3.8, 4) is 5.75 Å². The van der Waals surface area contributed by atoms with Crippen LogP contribution in [0.3, 0.4) is 0 Å². The maximum Gasteiger partial charge on any atom is 0.339 e. The zero-order chi connectivity index (χ0) is 20.9. The van der Waals surface area contributed by atoms with E-state index in [9.17, 15) is 4.79 Å². The van der Waals surface area contributed by atoms with Gasteiger partial charge in [0.1, 0.15) is 23.5 Å². The first kappa shape index (κ1) is 20.7. The average Bonchev–Trinajstić information content (AvgIpc) is 3.17. The van der Waals surface area contributed by atoms with Crippen LogP contribution in [0.5, 0.6) is 5.75 Å². The van der Waals surface area contributed by atoms with Gasteiger partial charge in [0.05, 0.1) is 6.54 Å². The van der Waals surface area contributed by atoms with Gasteiger partial charge >= 0.3 is 5.97 Å². The molecule has 7 heteroatoms. The monoisotopic (exact) mass is 398 g/mol. The molecular formula is C22H26N2O5. The topological polar surface area (TPSA) is 74.0 Å². The zero-order valence-corrected chi connectivity index (χ0v) is 17.2. The van der Waals surface area contributed by atoms with E-state index in [1.165, 1.54) is 6.92 Å². The molecular weight excluding hydrogens is 372 g/mol. The number of anilines is 1. The van der Waals surface area contributed by atoms with Crippen LogP contribution in [0, 0.1) is 0 Å². The highest BCUT2D eigenvalue weighted by Crippen LogP contribution is 2.30. The van der Waals surface area contributed by atoms with Crippen LogP contribution in [0.25, 0.3) is 11.1 Å². The van der Waals surface area contributed by atoms with Crippen LogP contribution in [0.15, 0.2) is 52.9 Å². The van der Waals surface area contributed by atoms with Gasteiger partial charge in [-0.25, -0.2) is 4.79 Å². The number of para-hydroxylation sites is 2. The first-order valence-corrected chi connectivity index (χ1v) is 9.57. The smallest absolute Gasteiger partial charge is 0.339 e. The quantitative estimate of drug-likeness (QED) is 0.389. The highest BCUT2D eigenvalue weighted by atomic mass is 17.2. The lowest BCUT2D eigenvalue weighted by Gasteiger charge is -2.26. The molecule has 29 heavy (non-hydrogen) atoms. The molecule has 0 aliphatic heterocycles. The second kappa shape index (κ2) is 8.96. The summed E-state index contributed by atoms with van der Waals surface area (Å²) < 4.78 is 11.6. The van der Waals surface area contributed by atoms with E-state index in [-0.39, 0.29) is 0 Å². The summed E-state index contributed by atoms with van der Waals surface area (Å²) in [5, 5.41) is 0. The second-order valence-electron chi connectivity index (χ2n) is 7.00. The van der Waals surface area contributed by atoms with Gasteiger partial charge in [0.25, 0.3) is 6.01 Å². The number of hydrogen-bond acceptors (Lipinski definition) is 7. The van der Waals surface area contributed by atoms with E-state index in [0.29, 0.717) is 25.6 Å². The van der Waals surface area contributed by atoms with Gasteiger partial charge in [0.2, 0.25) is 0 Å². The average molecular weight is 398 g/mol. The molecule has 0 fully saturated rings. The van der Waals surface area contributed by atoms with Gasteiger partial charge in [-0.05, 0) is 43.2 Å². The van der Waals surface area contributed by atoms with E-state index in [1.54, 1.807) is 0 Å². The molecule has 154 valence electrons. The minimum atomic E-state index is -0.711. The lowest BCUT2D eigenvalue weighted by Crippen LogP contribution is -2.26. The number of nitrogens with zero attached hydrogens (tertiary/aromatic N) is 2. The number of carbonyl (C=O) groups excluding carboxylic acids is 1. The van der Waals surface area contributed by atoms with Gasteiger partial charge in [-0.3, -0.25) is 4.89 Å². The number of hydrogen-bond donors (Lipinski definition) is 0. The summed E-state index contributed by atoms with van der Waals surface area (Å²) in [5.74, 6) is 0.262. The van der Waals surface area contributed by atoms with Crippen LogP contribution >= 0.6 is 0 Å². The van der Waals surface area contributed by atoms with E-state index < -0.39 is 11.6 Å². The summed E-state index contributed by atoms with van der Waals surface area (Å²) in [5.41, 5.74) is 1.79. The number of carbonyl (C=O) groups is 1. The number of rotatable bonds is 9. The molecule has 0 saturated carbocycles. The number of likely N-dealkylation sites (N-methyl/N-ethyl adjacent to an activating group) is 1. The fraction of sp³-hybridized carbons (Fsp3) is 0.364. The SMILES string of the molecule is CCC(C)(OOC(C)=O)c1ccc(OCCN(C)c2nc3ccccc3o2)cc1. The molecule has 0 spiro atoms. The molecule has 0 amide bonds. The molecule has 0 aliphatic rings. The fourth-order valence-electron chi connectivity index (χ4n) is 2.78. The molecule has 0 bridgehead atoms. The van der Waals surface area contributed by atoms with Crippen molar-refractivity contribution in [2.45, 2.75) is 32.8 Å². The van der Waals surface area contributed by atoms with Crippen molar-refractivity contribution >= 4 is 23.1 Å². The summed E-state index contributed by atoms with van der Waals surface area (Å²) in [7, 11) is 1.91. The Bertz CT molecular complexity index is 920. The highest BCUT2D eigenvalue weighted by Gasteiger charge is 2.28. The van der Waals surface area contributed by atoms with E-state index in [0.717, 1.165) is 22.4 Å². The predicted molar refractivity (Wildman–Crippen MR) is 110 cm³/mol. The number of ether oxygens (including phenoxy) is 1. The maximum absolute atomic E-state index is 11.0. The van der Waals surface area contributed by atoms with Crippen molar-refractivity contribution in [1.29, 1.82) is 0 Å². The fourth-order valence-corrected chi connectivity index (χ4v) is 2.78. The Morgan fingerprint density at radius 1 is 1.17 bits per heavy atom. The number of oxazole rings is 1. The molecule has 0 N–H and O–H groups in total. The van der Waals surface area contributed by atoms with Crippen molar-refractivity contribution in [1.82, 2.24) is 4.98 Å². The number of fused-ring (bicyclic) bond motifs is 1. The lowest BCUT2D eigenvalue weighted by molar-refractivity contribution is -0.333. The third-order valence-corrected chi connectivity index (χ3v) is 4.79. The van der Waals surface area contributed by atoms with Gasteiger partial charge < -0.3 is 14.1 Å². The molecule has 3 aromatic rings. The molecule has 0 radical (unpaired) electrons. The van der Waals surface area contributed by atoms with Crippen LogP contribution in [0.4, 0.5) is 6.01 Å². The summed E-state index contributed by atoms with van der Waals surface area (Å²) in [4.78, 5) is 27.5. The van der Waals surface area contributed by atoms with Crippen molar-refractivity contribution in [3.05, 3.63) is 54.1 Å². The third-order valence-electron chi connectivity index (χ3n) is 4.79. The van der Waals surface area contributed by atoms with Gasteiger partial charge in [-0.2, -0.15) is 9.87 Å². The van der Waals surface area contributed by atoms with Gasteiger partial charge in [-0.1, -0.05) is 31.2 Å². The first-order valence-electron chi connectivity index (χ1n) is 9.57. The van der Waals surface area contributed by atoms with E-state index in [1.807, 2.05) is 74.3 Å². The highest BCUT2D eigenvalue weighted by molar-refractivity contribution is 5.74. The zero-order valence-electron chi connectivity index (χ0n) is 17.2. The van der Waals surface area contributed by atoms with Crippen molar-refractivity contribution in [3.63, 3.8) is 0 Å². The Morgan fingerprint density at radius 2 is 1.90 bits per heavy atom. The Labute approximate surface area is 170 Å². The lowest BCUT2D eigenvalue weighted by atomic mass is 9.93. The number of benzene rings is 2. The Hall–Kier alpha value is -3.06. The van der Waals surface area contributed by atoms with Crippen molar-refractivity contribution in [2.75, 3.05) is 25.1 Å². The molecule has 1 heterocycles. The summed E-state index contributed by atoms with van der Waals surface area (Å²) >= 11 is 0. The van der Waals surface area contributed by atoms with Crippen molar-refractivity contribution < 1.29 is 23.7 Å². The third kappa shape index (κ3) is 5.06. The molecule has 0 saturated heterocycles. The van der Waals surface area contributed by atoms with Crippen LogP contribution in [0.2, 0.25) is 0 Å². The van der Waals surface area contributed by atoms with Crippen LogP contribution in [0.1, 0.15) is 32.8 Å². The molecule has 7 nitrogen and oxygen atoms in total. The van der Waals surface area contributed by atoms with Crippen LogP contribution < -0.4 is 9.64 Å². The van der Waals surface area contributed by atoms with Gasteiger partial charge in [0, 0.05) is 14.0 Å². The summed E-state index contributed by atoms with van der Waals surface area (Å²) in [6, 6.07) is 15.8. The van der Waals surface area contributed by atoms with Crippen LogP contribution in [-0.4, -0.2) is 31.2 Å². The Kier molecular flexibility index (Phi) is 6.39. The molecule has 0 aliphatic carbocycles. The maximum atomic E-state index is 11.0. The van der Waals surface area contributed by atoms with Crippen molar-refractivity contribution in [2.24, 2.45) is 0 Å². The van der Waals surface area contributed by atoms with E-state index in [4.69, 9.17) is 18.9 Å². The summed E-state index contributed by atoms with van der Waals surface area (Å²) in [6.45, 7) is 6.25. The minimum absolute atomic E-state index is 0.476. The molecule has 3 rings (SSSR count). The van der Waals surface area contributed by atoms with Crippen LogP contribution in [-0.2, 0) is 20.2 Å². The van der Waals surface area contributed by atoms with E-state index >= 15 is 0 Å². The Balaban J connectivity index is 1.55. The molecule has 2 aromatic carbocycles.